The van der Waals surface area contributed by atoms with Gasteiger partial charge in [0.1, 0.15) is 6.29 Å². The summed E-state index contributed by atoms with van der Waals surface area (Å²) in [4.78, 5) is 10.1. The van der Waals surface area contributed by atoms with E-state index >= 15 is 0 Å². The van der Waals surface area contributed by atoms with Crippen molar-refractivity contribution in [2.24, 2.45) is 0 Å². The number of carbonyl (C=O) groups is 1. The second-order valence-electron chi connectivity index (χ2n) is 2.45. The van der Waals surface area contributed by atoms with Crippen LogP contribution in [0.3, 0.4) is 0 Å². The summed E-state index contributed by atoms with van der Waals surface area (Å²) in [6.45, 7) is 1.94. The zero-order chi connectivity index (χ0) is 8.27. The van der Waals surface area contributed by atoms with Gasteiger partial charge in [-0.2, -0.15) is 0 Å². The Morgan fingerprint density at radius 2 is 2.27 bits per heavy atom. The van der Waals surface area contributed by atoms with Gasteiger partial charge in [-0.1, -0.05) is 23.7 Å². The lowest BCUT2D eigenvalue weighted by atomic mass is 10.1. The first-order valence-electron chi connectivity index (χ1n) is 3.42. The van der Waals surface area contributed by atoms with Crippen molar-refractivity contribution in [1.29, 1.82) is 0 Å². The van der Waals surface area contributed by atoms with Crippen molar-refractivity contribution in [3.05, 3.63) is 34.3 Å². The van der Waals surface area contributed by atoms with Crippen LogP contribution in [0.4, 0.5) is 0 Å². The van der Waals surface area contributed by atoms with Crippen molar-refractivity contribution in [2.45, 2.75) is 13.3 Å². The maximum atomic E-state index is 10.1. The molecule has 0 heterocycles. The van der Waals surface area contributed by atoms with Gasteiger partial charge in [0.25, 0.3) is 0 Å². The maximum absolute atomic E-state index is 10.1. The van der Waals surface area contributed by atoms with E-state index in [0.717, 1.165) is 22.4 Å². The maximum Gasteiger partial charge on any atom is 0.124 e. The summed E-state index contributed by atoms with van der Waals surface area (Å²) in [5.74, 6) is 0. The summed E-state index contributed by atoms with van der Waals surface area (Å²) in [5, 5.41) is 0.726. The van der Waals surface area contributed by atoms with Crippen molar-refractivity contribution in [1.82, 2.24) is 0 Å². The largest absolute Gasteiger partial charge is 0.303 e. The number of halogens is 1. The van der Waals surface area contributed by atoms with Crippen molar-refractivity contribution >= 4 is 17.9 Å². The SMILES string of the molecule is Cc1ccc(CC=O)cc1Cl. The van der Waals surface area contributed by atoms with Crippen LogP contribution in [0.5, 0.6) is 0 Å². The molecule has 1 rings (SSSR count). The molecule has 0 saturated heterocycles. The van der Waals surface area contributed by atoms with E-state index in [0.29, 0.717) is 6.42 Å². The van der Waals surface area contributed by atoms with Gasteiger partial charge in [0, 0.05) is 11.4 Å². The monoisotopic (exact) mass is 168 g/mol. The van der Waals surface area contributed by atoms with Gasteiger partial charge < -0.3 is 4.79 Å². The highest BCUT2D eigenvalue weighted by atomic mass is 35.5. The third-order valence-corrected chi connectivity index (χ3v) is 1.96. The molecular formula is C9H9ClO. The van der Waals surface area contributed by atoms with E-state index in [2.05, 4.69) is 0 Å². The first-order valence-corrected chi connectivity index (χ1v) is 3.80. The Morgan fingerprint density at radius 3 is 2.82 bits per heavy atom. The third-order valence-electron chi connectivity index (χ3n) is 1.56. The van der Waals surface area contributed by atoms with E-state index in [9.17, 15) is 4.79 Å². The molecule has 0 fully saturated rings. The van der Waals surface area contributed by atoms with Gasteiger partial charge in [-0.05, 0) is 24.1 Å². The Balaban J connectivity index is 2.95. The molecule has 0 aromatic heterocycles. The van der Waals surface area contributed by atoms with Crippen LogP contribution in [0.2, 0.25) is 5.02 Å². The molecule has 0 aliphatic heterocycles. The molecule has 0 amide bonds. The number of aldehydes is 1. The normalized spacial score (nSPS) is 9.64. The summed E-state index contributed by atoms with van der Waals surface area (Å²) in [5.41, 5.74) is 2.01. The molecule has 0 aliphatic rings. The quantitative estimate of drug-likeness (QED) is 0.620. The molecule has 1 aromatic rings. The predicted octanol–water partition coefficient (Wildman–Crippen LogP) is 2.39. The van der Waals surface area contributed by atoms with E-state index in [-0.39, 0.29) is 0 Å². The zero-order valence-electron chi connectivity index (χ0n) is 6.30. The predicted molar refractivity (Wildman–Crippen MR) is 46.0 cm³/mol. The van der Waals surface area contributed by atoms with Crippen LogP contribution >= 0.6 is 11.6 Å². The number of aryl methyl sites for hydroxylation is 1. The average molecular weight is 169 g/mol. The molecule has 0 saturated carbocycles. The van der Waals surface area contributed by atoms with E-state index in [1.165, 1.54) is 0 Å². The van der Waals surface area contributed by atoms with Crippen molar-refractivity contribution < 1.29 is 4.79 Å². The van der Waals surface area contributed by atoms with Gasteiger partial charge in [0.05, 0.1) is 0 Å². The van der Waals surface area contributed by atoms with Gasteiger partial charge >= 0.3 is 0 Å². The lowest BCUT2D eigenvalue weighted by Gasteiger charge is -1.98. The number of rotatable bonds is 2. The van der Waals surface area contributed by atoms with Gasteiger partial charge in [-0.15, -0.1) is 0 Å². The van der Waals surface area contributed by atoms with E-state index in [1.807, 2.05) is 25.1 Å². The van der Waals surface area contributed by atoms with E-state index in [1.54, 1.807) is 0 Å². The molecule has 1 aromatic carbocycles. The number of hydrogen-bond donors (Lipinski definition) is 0. The highest BCUT2D eigenvalue weighted by molar-refractivity contribution is 6.31. The van der Waals surface area contributed by atoms with E-state index in [4.69, 9.17) is 11.6 Å². The highest BCUT2D eigenvalue weighted by Crippen LogP contribution is 2.16. The second-order valence-corrected chi connectivity index (χ2v) is 2.86. The minimum atomic E-state index is 0.444. The zero-order valence-corrected chi connectivity index (χ0v) is 7.06. The average Bonchev–Trinajstić information content (AvgIpc) is 1.98. The smallest absolute Gasteiger partial charge is 0.124 e. The fraction of sp³-hybridized carbons (Fsp3) is 0.222. The van der Waals surface area contributed by atoms with Crippen molar-refractivity contribution in [3.63, 3.8) is 0 Å². The van der Waals surface area contributed by atoms with Crippen LogP contribution < -0.4 is 0 Å². The fourth-order valence-electron chi connectivity index (χ4n) is 0.860. The molecular weight excluding hydrogens is 160 g/mol. The lowest BCUT2D eigenvalue weighted by molar-refractivity contribution is -0.107. The summed E-state index contributed by atoms with van der Waals surface area (Å²) < 4.78 is 0. The molecule has 11 heavy (non-hydrogen) atoms. The van der Waals surface area contributed by atoms with Gasteiger partial charge in [-0.25, -0.2) is 0 Å². The first-order chi connectivity index (χ1) is 5.24. The Kier molecular flexibility index (Phi) is 2.66. The van der Waals surface area contributed by atoms with Crippen LogP contribution in [0.1, 0.15) is 11.1 Å². The molecule has 0 spiro atoms. The Hall–Kier alpha value is -0.820. The topological polar surface area (TPSA) is 17.1 Å². The van der Waals surface area contributed by atoms with E-state index < -0.39 is 0 Å². The summed E-state index contributed by atoms with van der Waals surface area (Å²) in [6.07, 6.45) is 1.32. The molecule has 0 aliphatic carbocycles. The molecule has 0 atom stereocenters. The van der Waals surface area contributed by atoms with Crippen LogP contribution in [0.25, 0.3) is 0 Å². The molecule has 2 heteroatoms. The first kappa shape index (κ1) is 8.28. The second kappa shape index (κ2) is 3.54. The minimum Gasteiger partial charge on any atom is -0.303 e. The molecule has 0 bridgehead atoms. The molecule has 0 N–H and O–H groups in total. The molecule has 58 valence electrons. The Labute approximate surface area is 71.0 Å². The summed E-state index contributed by atoms with van der Waals surface area (Å²) >= 11 is 5.83. The molecule has 0 unspecified atom stereocenters. The minimum absolute atomic E-state index is 0.444. The number of carbonyl (C=O) groups excluding carboxylic acids is 1. The highest BCUT2D eigenvalue weighted by Gasteiger charge is 1.95. The fourth-order valence-corrected chi connectivity index (χ4v) is 1.06. The molecule has 1 nitrogen and oxygen atoms in total. The Morgan fingerprint density at radius 1 is 1.55 bits per heavy atom. The van der Waals surface area contributed by atoms with Crippen LogP contribution in [-0.4, -0.2) is 6.29 Å². The Bertz CT molecular complexity index is 268. The lowest BCUT2D eigenvalue weighted by Crippen LogP contribution is -1.86. The standard InChI is InChI=1S/C9H9ClO/c1-7-2-3-8(4-5-11)6-9(7)10/h2-3,5-6H,4H2,1H3. The van der Waals surface area contributed by atoms with Crippen LogP contribution in [0.15, 0.2) is 18.2 Å². The van der Waals surface area contributed by atoms with Gasteiger partial charge in [-0.3, -0.25) is 0 Å². The third kappa shape index (κ3) is 2.05. The number of benzene rings is 1. The van der Waals surface area contributed by atoms with Gasteiger partial charge in [0.2, 0.25) is 0 Å². The summed E-state index contributed by atoms with van der Waals surface area (Å²) in [6, 6.07) is 5.65. The molecule has 0 radical (unpaired) electrons. The van der Waals surface area contributed by atoms with Gasteiger partial charge in [0.15, 0.2) is 0 Å². The van der Waals surface area contributed by atoms with Crippen molar-refractivity contribution in [3.8, 4) is 0 Å². The van der Waals surface area contributed by atoms with Crippen LogP contribution in [-0.2, 0) is 11.2 Å². The summed E-state index contributed by atoms with van der Waals surface area (Å²) in [7, 11) is 0. The van der Waals surface area contributed by atoms with Crippen LogP contribution in [0, 0.1) is 6.92 Å². The van der Waals surface area contributed by atoms with Crippen molar-refractivity contribution in [2.75, 3.05) is 0 Å². The number of hydrogen-bond acceptors (Lipinski definition) is 1.